The summed E-state index contributed by atoms with van der Waals surface area (Å²) in [6.45, 7) is 0.383. The highest BCUT2D eigenvalue weighted by atomic mass is 35.5. The molecular weight excluding hydrogens is 286 g/mol. The molecule has 1 saturated heterocycles. The molecule has 20 heavy (non-hydrogen) atoms. The fourth-order valence-corrected chi connectivity index (χ4v) is 2.16. The van der Waals surface area contributed by atoms with Crippen molar-refractivity contribution in [3.8, 4) is 17.2 Å². The number of carbonyl (C=O) groups excluding carboxylic acids is 1. The zero-order chi connectivity index (χ0) is 13.8. The van der Waals surface area contributed by atoms with Gasteiger partial charge < -0.3 is 24.3 Å². The van der Waals surface area contributed by atoms with Crippen molar-refractivity contribution in [2.75, 3.05) is 27.9 Å². The molecule has 0 spiro atoms. The molecule has 0 aliphatic carbocycles. The van der Waals surface area contributed by atoms with Crippen LogP contribution in [-0.4, -0.2) is 34.0 Å². The molecule has 1 aromatic carbocycles. The number of halogens is 1. The van der Waals surface area contributed by atoms with Crippen molar-refractivity contribution in [2.24, 2.45) is 0 Å². The molecule has 1 heterocycles. The lowest BCUT2D eigenvalue weighted by atomic mass is 10.0. The van der Waals surface area contributed by atoms with Crippen molar-refractivity contribution >= 4 is 18.5 Å². The van der Waals surface area contributed by atoms with Crippen LogP contribution in [0.15, 0.2) is 12.1 Å². The minimum atomic E-state index is -0.423. The van der Waals surface area contributed by atoms with Gasteiger partial charge in [0.05, 0.1) is 34.0 Å². The molecule has 1 aromatic rings. The van der Waals surface area contributed by atoms with Gasteiger partial charge in [0, 0.05) is 12.0 Å². The predicted molar refractivity (Wildman–Crippen MR) is 75.2 cm³/mol. The Labute approximate surface area is 123 Å². The Bertz CT molecular complexity index is 480. The van der Waals surface area contributed by atoms with E-state index in [4.69, 9.17) is 18.9 Å². The van der Waals surface area contributed by atoms with Gasteiger partial charge in [-0.2, -0.15) is 0 Å². The van der Waals surface area contributed by atoms with Crippen molar-refractivity contribution in [3.63, 3.8) is 0 Å². The van der Waals surface area contributed by atoms with Gasteiger partial charge >= 0.3 is 6.09 Å². The third-order valence-corrected chi connectivity index (χ3v) is 3.04. The zero-order valence-corrected chi connectivity index (χ0v) is 12.4. The molecule has 112 valence electrons. The smallest absolute Gasteiger partial charge is 0.407 e. The number of alkyl carbamates (subject to hydrolysis) is 1. The summed E-state index contributed by atoms with van der Waals surface area (Å²) < 4.78 is 20.8. The van der Waals surface area contributed by atoms with Crippen LogP contribution in [0.1, 0.15) is 18.0 Å². The highest BCUT2D eigenvalue weighted by molar-refractivity contribution is 5.85. The Balaban J connectivity index is 0.00000200. The summed E-state index contributed by atoms with van der Waals surface area (Å²) in [7, 11) is 4.67. The minimum Gasteiger partial charge on any atom is -0.493 e. The van der Waals surface area contributed by atoms with Crippen LogP contribution < -0.4 is 19.5 Å². The van der Waals surface area contributed by atoms with Crippen molar-refractivity contribution in [1.82, 2.24) is 5.32 Å². The average molecular weight is 304 g/mol. The van der Waals surface area contributed by atoms with Gasteiger partial charge in [0.15, 0.2) is 11.5 Å². The second-order valence-corrected chi connectivity index (χ2v) is 4.05. The van der Waals surface area contributed by atoms with E-state index in [1.807, 2.05) is 6.07 Å². The number of cyclic esters (lactones) is 1. The molecule has 6 nitrogen and oxygen atoms in total. The molecule has 0 bridgehead atoms. The fraction of sp³-hybridized carbons (Fsp3) is 0.462. The topological polar surface area (TPSA) is 66.0 Å². The molecule has 1 fully saturated rings. The van der Waals surface area contributed by atoms with Crippen LogP contribution in [-0.2, 0) is 4.74 Å². The maximum absolute atomic E-state index is 11.3. The summed E-state index contributed by atoms with van der Waals surface area (Å²) in [5, 5.41) is 2.76. The first-order valence-electron chi connectivity index (χ1n) is 5.93. The maximum atomic E-state index is 11.3. The van der Waals surface area contributed by atoms with Crippen molar-refractivity contribution in [3.05, 3.63) is 17.7 Å². The SMILES string of the molecule is COc1ccc([C@H]2CCOC(=O)N2)c(OC)c1OC.Cl. The van der Waals surface area contributed by atoms with Gasteiger partial charge in [0.2, 0.25) is 5.75 Å². The quantitative estimate of drug-likeness (QED) is 0.924. The van der Waals surface area contributed by atoms with Crippen molar-refractivity contribution in [2.45, 2.75) is 12.5 Å². The maximum Gasteiger partial charge on any atom is 0.407 e. The standard InChI is InChI=1S/C13H17NO5.ClH/c1-16-10-5-4-8(11(17-2)12(10)18-3)9-6-7-19-13(15)14-9;/h4-5,9H,6-7H2,1-3H3,(H,14,15);1H/t9-;/m1./s1. The van der Waals surface area contributed by atoms with Crippen molar-refractivity contribution < 1.29 is 23.7 Å². The van der Waals surface area contributed by atoms with E-state index < -0.39 is 6.09 Å². The van der Waals surface area contributed by atoms with E-state index >= 15 is 0 Å². The number of amides is 1. The molecule has 1 aliphatic heterocycles. The summed E-state index contributed by atoms with van der Waals surface area (Å²) in [4.78, 5) is 11.3. The Morgan fingerprint density at radius 3 is 2.40 bits per heavy atom. The van der Waals surface area contributed by atoms with Crippen LogP contribution in [0, 0.1) is 0 Å². The molecule has 1 N–H and O–H groups in total. The second-order valence-electron chi connectivity index (χ2n) is 4.05. The first kappa shape index (κ1) is 16.2. The van der Waals surface area contributed by atoms with Crippen LogP contribution >= 0.6 is 12.4 Å². The average Bonchev–Trinajstić information content (AvgIpc) is 2.45. The summed E-state index contributed by atoms with van der Waals surface area (Å²) in [5.41, 5.74) is 0.844. The van der Waals surface area contributed by atoms with E-state index in [0.29, 0.717) is 30.3 Å². The molecule has 7 heteroatoms. The molecule has 1 atom stereocenters. The number of hydrogen-bond acceptors (Lipinski definition) is 5. The Hall–Kier alpha value is -1.82. The molecular formula is C13H18ClNO5. The third-order valence-electron chi connectivity index (χ3n) is 3.04. The van der Waals surface area contributed by atoms with Gasteiger partial charge in [-0.05, 0) is 12.1 Å². The third kappa shape index (κ3) is 3.01. The largest absolute Gasteiger partial charge is 0.493 e. The Morgan fingerprint density at radius 2 is 1.85 bits per heavy atom. The molecule has 0 radical (unpaired) electrons. The lowest BCUT2D eigenvalue weighted by molar-refractivity contribution is 0.115. The van der Waals surface area contributed by atoms with Gasteiger partial charge in [0.1, 0.15) is 0 Å². The van der Waals surface area contributed by atoms with Crippen LogP contribution in [0.4, 0.5) is 4.79 Å². The van der Waals surface area contributed by atoms with Crippen LogP contribution in [0.25, 0.3) is 0 Å². The molecule has 1 amide bonds. The van der Waals surface area contributed by atoms with Gasteiger partial charge in [-0.3, -0.25) is 0 Å². The van der Waals surface area contributed by atoms with Crippen LogP contribution in [0.2, 0.25) is 0 Å². The Morgan fingerprint density at radius 1 is 1.15 bits per heavy atom. The monoisotopic (exact) mass is 303 g/mol. The number of methoxy groups -OCH3 is 3. The number of hydrogen-bond donors (Lipinski definition) is 1. The summed E-state index contributed by atoms with van der Waals surface area (Å²) in [5.74, 6) is 1.67. The van der Waals surface area contributed by atoms with E-state index in [0.717, 1.165) is 5.56 Å². The van der Waals surface area contributed by atoms with Gasteiger partial charge in [-0.1, -0.05) is 0 Å². The first-order valence-corrected chi connectivity index (χ1v) is 5.93. The number of carbonyl (C=O) groups is 1. The van der Waals surface area contributed by atoms with E-state index in [9.17, 15) is 4.79 Å². The van der Waals surface area contributed by atoms with E-state index in [1.54, 1.807) is 27.4 Å². The zero-order valence-electron chi connectivity index (χ0n) is 11.6. The molecule has 2 rings (SSSR count). The van der Waals surface area contributed by atoms with E-state index in [-0.39, 0.29) is 18.4 Å². The first-order chi connectivity index (χ1) is 9.21. The number of rotatable bonds is 4. The molecule has 0 saturated carbocycles. The highest BCUT2D eigenvalue weighted by Gasteiger charge is 2.26. The summed E-state index contributed by atoms with van der Waals surface area (Å²) in [6.07, 6.45) is 0.255. The van der Waals surface area contributed by atoms with E-state index in [2.05, 4.69) is 5.32 Å². The lowest BCUT2D eigenvalue weighted by Crippen LogP contribution is -2.35. The lowest BCUT2D eigenvalue weighted by Gasteiger charge is -2.26. The molecule has 1 aliphatic rings. The van der Waals surface area contributed by atoms with Crippen molar-refractivity contribution in [1.29, 1.82) is 0 Å². The van der Waals surface area contributed by atoms with E-state index in [1.165, 1.54) is 0 Å². The fourth-order valence-electron chi connectivity index (χ4n) is 2.16. The molecule has 0 unspecified atom stereocenters. The van der Waals surface area contributed by atoms with Gasteiger partial charge in [0.25, 0.3) is 0 Å². The molecule has 0 aromatic heterocycles. The van der Waals surface area contributed by atoms with Gasteiger partial charge in [-0.15, -0.1) is 12.4 Å². The number of nitrogens with one attached hydrogen (secondary N) is 1. The predicted octanol–water partition coefficient (Wildman–Crippen LogP) is 2.31. The summed E-state index contributed by atoms with van der Waals surface area (Å²) >= 11 is 0. The van der Waals surface area contributed by atoms with Crippen LogP contribution in [0.3, 0.4) is 0 Å². The Kier molecular flexibility index (Phi) is 5.76. The highest BCUT2D eigenvalue weighted by Crippen LogP contribution is 2.42. The number of ether oxygens (including phenoxy) is 4. The minimum absolute atomic E-state index is 0. The second kappa shape index (κ2) is 7.09. The normalized spacial score (nSPS) is 17.4. The summed E-state index contributed by atoms with van der Waals surface area (Å²) in [6, 6.07) is 3.49. The van der Waals surface area contributed by atoms with Crippen LogP contribution in [0.5, 0.6) is 17.2 Å². The van der Waals surface area contributed by atoms with Gasteiger partial charge in [-0.25, -0.2) is 4.79 Å². The number of benzene rings is 1.